The molecule has 4 aromatic rings. The minimum absolute atomic E-state index is 0.120. The number of amides is 1. The summed E-state index contributed by atoms with van der Waals surface area (Å²) in [6.07, 6.45) is 3.82. The fraction of sp³-hybridized carbons (Fsp3) is 0. The zero-order valence-corrected chi connectivity index (χ0v) is 12.9. The second kappa shape index (κ2) is 6.01. The van der Waals surface area contributed by atoms with E-state index >= 15 is 0 Å². The van der Waals surface area contributed by atoms with Gasteiger partial charge in [-0.2, -0.15) is 0 Å². The molecule has 0 spiro atoms. The largest absolute Gasteiger partial charge is 0.322 e. The highest BCUT2D eigenvalue weighted by Gasteiger charge is 2.08. The number of pyridine rings is 1. The Balaban J connectivity index is 1.60. The lowest BCUT2D eigenvalue weighted by atomic mass is 10.1. The first kappa shape index (κ1) is 14.2. The normalized spacial score (nSPS) is 10.7. The van der Waals surface area contributed by atoms with E-state index < -0.39 is 0 Å². The van der Waals surface area contributed by atoms with Crippen LogP contribution in [0, 0.1) is 0 Å². The maximum atomic E-state index is 12.3. The van der Waals surface area contributed by atoms with Crippen LogP contribution in [0.5, 0.6) is 0 Å². The average Bonchev–Trinajstić information content (AvgIpc) is 3.07. The fourth-order valence-electron chi connectivity index (χ4n) is 2.66. The Hall–Kier alpha value is -3.40. The Morgan fingerprint density at radius 2 is 1.62 bits per heavy atom. The van der Waals surface area contributed by atoms with Gasteiger partial charge in [0.25, 0.3) is 5.91 Å². The SMILES string of the molecule is O=C(Nc1ccccc1)c1ccc(-c2cnc3ccccn23)cc1. The summed E-state index contributed by atoms with van der Waals surface area (Å²) in [5.41, 5.74) is 4.33. The summed E-state index contributed by atoms with van der Waals surface area (Å²) < 4.78 is 2.03. The topological polar surface area (TPSA) is 46.4 Å². The van der Waals surface area contributed by atoms with E-state index in [1.165, 1.54) is 0 Å². The standard InChI is InChI=1S/C20H15N3O/c24-20(22-17-6-2-1-3-7-17)16-11-9-15(10-12-16)18-14-21-19-8-4-5-13-23(18)19/h1-14H,(H,22,24). The number of rotatable bonds is 3. The second-order valence-corrected chi connectivity index (χ2v) is 5.47. The van der Waals surface area contributed by atoms with Crippen molar-refractivity contribution in [3.63, 3.8) is 0 Å². The molecular formula is C20H15N3O. The molecule has 0 saturated heterocycles. The van der Waals surface area contributed by atoms with E-state index in [2.05, 4.69) is 10.3 Å². The van der Waals surface area contributed by atoms with Gasteiger partial charge in [-0.3, -0.25) is 9.20 Å². The molecular weight excluding hydrogens is 298 g/mol. The third kappa shape index (κ3) is 2.65. The predicted molar refractivity (Wildman–Crippen MR) is 95.0 cm³/mol. The van der Waals surface area contributed by atoms with Gasteiger partial charge in [0.2, 0.25) is 0 Å². The van der Waals surface area contributed by atoms with E-state index in [0.29, 0.717) is 5.56 Å². The van der Waals surface area contributed by atoms with E-state index in [1.54, 1.807) is 0 Å². The van der Waals surface area contributed by atoms with Gasteiger partial charge < -0.3 is 5.32 Å². The van der Waals surface area contributed by atoms with Crippen molar-refractivity contribution in [2.75, 3.05) is 5.32 Å². The number of nitrogens with zero attached hydrogens (tertiary/aromatic N) is 2. The van der Waals surface area contributed by atoms with Gasteiger partial charge in [0, 0.05) is 23.0 Å². The molecule has 0 aliphatic heterocycles. The number of para-hydroxylation sites is 1. The zero-order chi connectivity index (χ0) is 16.4. The molecule has 24 heavy (non-hydrogen) atoms. The molecule has 0 aliphatic rings. The van der Waals surface area contributed by atoms with E-state index in [0.717, 1.165) is 22.6 Å². The van der Waals surface area contributed by atoms with E-state index in [1.807, 2.05) is 89.6 Å². The lowest BCUT2D eigenvalue weighted by Gasteiger charge is -2.06. The predicted octanol–water partition coefficient (Wildman–Crippen LogP) is 4.25. The van der Waals surface area contributed by atoms with Crippen molar-refractivity contribution in [3.8, 4) is 11.3 Å². The van der Waals surface area contributed by atoms with Crippen molar-refractivity contribution in [2.24, 2.45) is 0 Å². The summed E-state index contributed by atoms with van der Waals surface area (Å²) >= 11 is 0. The summed E-state index contributed by atoms with van der Waals surface area (Å²) in [6.45, 7) is 0. The van der Waals surface area contributed by atoms with E-state index in [4.69, 9.17) is 0 Å². The first-order valence-electron chi connectivity index (χ1n) is 7.70. The summed E-state index contributed by atoms with van der Waals surface area (Å²) in [5.74, 6) is -0.120. The summed E-state index contributed by atoms with van der Waals surface area (Å²) in [6, 6.07) is 22.9. The molecule has 0 aliphatic carbocycles. The maximum Gasteiger partial charge on any atom is 0.255 e. The van der Waals surface area contributed by atoms with Gasteiger partial charge >= 0.3 is 0 Å². The number of nitrogens with one attached hydrogen (secondary N) is 1. The molecule has 116 valence electrons. The Bertz CT molecular complexity index is 988. The van der Waals surface area contributed by atoms with Gasteiger partial charge in [-0.05, 0) is 36.4 Å². The highest BCUT2D eigenvalue weighted by Crippen LogP contribution is 2.21. The zero-order valence-electron chi connectivity index (χ0n) is 12.9. The van der Waals surface area contributed by atoms with Gasteiger partial charge in [-0.1, -0.05) is 36.4 Å². The first-order chi connectivity index (χ1) is 11.8. The van der Waals surface area contributed by atoms with Crippen molar-refractivity contribution in [1.82, 2.24) is 9.38 Å². The Kier molecular flexibility index (Phi) is 3.56. The van der Waals surface area contributed by atoms with E-state index in [-0.39, 0.29) is 5.91 Å². The lowest BCUT2D eigenvalue weighted by Crippen LogP contribution is -2.11. The Labute approximate surface area is 139 Å². The summed E-state index contributed by atoms with van der Waals surface area (Å²) in [4.78, 5) is 16.7. The number of hydrogen-bond donors (Lipinski definition) is 1. The van der Waals surface area contributed by atoms with Gasteiger partial charge in [0.15, 0.2) is 0 Å². The minimum atomic E-state index is -0.120. The van der Waals surface area contributed by atoms with Crippen LogP contribution in [0.1, 0.15) is 10.4 Å². The van der Waals surface area contributed by atoms with Crippen LogP contribution in [0.2, 0.25) is 0 Å². The molecule has 4 heteroatoms. The molecule has 4 nitrogen and oxygen atoms in total. The first-order valence-corrected chi connectivity index (χ1v) is 7.70. The van der Waals surface area contributed by atoms with Crippen LogP contribution in [0.3, 0.4) is 0 Å². The number of anilines is 1. The Morgan fingerprint density at radius 3 is 2.42 bits per heavy atom. The maximum absolute atomic E-state index is 12.3. The van der Waals surface area contributed by atoms with Gasteiger partial charge in [-0.25, -0.2) is 4.98 Å². The van der Waals surface area contributed by atoms with Crippen molar-refractivity contribution in [3.05, 3.63) is 90.8 Å². The minimum Gasteiger partial charge on any atom is -0.322 e. The van der Waals surface area contributed by atoms with Crippen molar-refractivity contribution in [2.45, 2.75) is 0 Å². The van der Waals surface area contributed by atoms with Crippen LogP contribution < -0.4 is 5.32 Å². The molecule has 0 unspecified atom stereocenters. The van der Waals surface area contributed by atoms with Crippen molar-refractivity contribution < 1.29 is 4.79 Å². The van der Waals surface area contributed by atoms with Crippen LogP contribution >= 0.6 is 0 Å². The van der Waals surface area contributed by atoms with Crippen LogP contribution in [0.15, 0.2) is 85.2 Å². The highest BCUT2D eigenvalue weighted by atomic mass is 16.1. The molecule has 0 saturated carbocycles. The molecule has 1 N–H and O–H groups in total. The molecule has 2 aromatic heterocycles. The van der Waals surface area contributed by atoms with Gasteiger partial charge in [0.1, 0.15) is 5.65 Å². The molecule has 0 bridgehead atoms. The number of carbonyl (C=O) groups is 1. The molecule has 2 heterocycles. The molecule has 0 radical (unpaired) electrons. The van der Waals surface area contributed by atoms with Crippen LogP contribution in [-0.2, 0) is 0 Å². The number of fused-ring (bicyclic) bond motifs is 1. The lowest BCUT2D eigenvalue weighted by molar-refractivity contribution is 0.102. The second-order valence-electron chi connectivity index (χ2n) is 5.47. The highest BCUT2D eigenvalue weighted by molar-refractivity contribution is 6.04. The monoisotopic (exact) mass is 313 g/mol. The number of imidazole rings is 1. The number of benzene rings is 2. The molecule has 0 fully saturated rings. The smallest absolute Gasteiger partial charge is 0.255 e. The quantitative estimate of drug-likeness (QED) is 0.614. The molecule has 4 rings (SSSR count). The van der Waals surface area contributed by atoms with Crippen LogP contribution in [0.25, 0.3) is 16.9 Å². The van der Waals surface area contributed by atoms with Crippen LogP contribution in [0.4, 0.5) is 5.69 Å². The third-order valence-electron chi connectivity index (χ3n) is 3.89. The summed E-state index contributed by atoms with van der Waals surface area (Å²) in [7, 11) is 0. The molecule has 2 aromatic carbocycles. The molecule has 0 atom stereocenters. The molecule has 1 amide bonds. The van der Waals surface area contributed by atoms with Crippen molar-refractivity contribution in [1.29, 1.82) is 0 Å². The summed E-state index contributed by atoms with van der Waals surface area (Å²) in [5, 5.41) is 2.89. The fourth-order valence-corrected chi connectivity index (χ4v) is 2.66. The number of carbonyl (C=O) groups excluding carboxylic acids is 1. The Morgan fingerprint density at radius 1 is 0.875 bits per heavy atom. The van der Waals surface area contributed by atoms with E-state index in [9.17, 15) is 4.79 Å². The van der Waals surface area contributed by atoms with Gasteiger partial charge in [0.05, 0.1) is 11.9 Å². The number of hydrogen-bond acceptors (Lipinski definition) is 2. The van der Waals surface area contributed by atoms with Crippen molar-refractivity contribution >= 4 is 17.2 Å². The average molecular weight is 313 g/mol. The number of aromatic nitrogens is 2. The third-order valence-corrected chi connectivity index (χ3v) is 3.89. The van der Waals surface area contributed by atoms with Gasteiger partial charge in [-0.15, -0.1) is 0 Å². The van der Waals surface area contributed by atoms with Crippen LogP contribution in [-0.4, -0.2) is 15.3 Å².